The van der Waals surface area contributed by atoms with Gasteiger partial charge in [0.2, 0.25) is 0 Å². The van der Waals surface area contributed by atoms with Crippen molar-refractivity contribution < 1.29 is 23.5 Å². The number of rotatable bonds is 8. The maximum Gasteiger partial charge on any atom is 0.341 e. The Labute approximate surface area is 158 Å². The summed E-state index contributed by atoms with van der Waals surface area (Å²) >= 11 is 0. The van der Waals surface area contributed by atoms with Crippen molar-refractivity contribution in [2.75, 3.05) is 6.61 Å². The van der Waals surface area contributed by atoms with Crippen molar-refractivity contribution in [3.05, 3.63) is 71.0 Å². The molecule has 0 atom stereocenters. The Morgan fingerprint density at radius 1 is 1.11 bits per heavy atom. The molecule has 0 aromatic heterocycles. The zero-order valence-electron chi connectivity index (χ0n) is 15.7. The Hall–Kier alpha value is -2.95. The first-order valence-corrected chi connectivity index (χ1v) is 8.81. The van der Waals surface area contributed by atoms with Crippen LogP contribution in [-0.2, 0) is 20.9 Å². The van der Waals surface area contributed by atoms with Crippen LogP contribution in [0.15, 0.2) is 54.1 Å². The average Bonchev–Trinajstić information content (AvgIpc) is 2.66. The molecule has 0 heterocycles. The van der Waals surface area contributed by atoms with E-state index in [0.29, 0.717) is 5.56 Å². The van der Waals surface area contributed by atoms with Crippen LogP contribution < -0.4 is 4.74 Å². The van der Waals surface area contributed by atoms with Gasteiger partial charge in [-0.1, -0.05) is 44.2 Å². The lowest BCUT2D eigenvalue weighted by molar-refractivity contribution is -0.140. The molecule has 2 aromatic carbocycles. The number of ketones is 1. The van der Waals surface area contributed by atoms with E-state index < -0.39 is 11.8 Å². The second-order valence-corrected chi connectivity index (χ2v) is 6.25. The third-order valence-corrected chi connectivity index (χ3v) is 3.80. The van der Waals surface area contributed by atoms with Gasteiger partial charge >= 0.3 is 5.97 Å². The fourth-order valence-corrected chi connectivity index (χ4v) is 2.39. The van der Waals surface area contributed by atoms with Crippen LogP contribution in [0, 0.1) is 11.7 Å². The van der Waals surface area contributed by atoms with Gasteiger partial charge in [0, 0.05) is 17.5 Å². The van der Waals surface area contributed by atoms with Gasteiger partial charge in [0.15, 0.2) is 5.78 Å². The Bertz CT molecular complexity index is 825. The maximum atomic E-state index is 13.7. The van der Waals surface area contributed by atoms with Crippen LogP contribution in [0.5, 0.6) is 5.75 Å². The molecule has 0 radical (unpaired) electrons. The minimum absolute atomic E-state index is 0.0805. The smallest absolute Gasteiger partial charge is 0.341 e. The van der Waals surface area contributed by atoms with Gasteiger partial charge < -0.3 is 9.47 Å². The Kier molecular flexibility index (Phi) is 7.29. The van der Waals surface area contributed by atoms with E-state index in [2.05, 4.69) is 0 Å². The summed E-state index contributed by atoms with van der Waals surface area (Å²) in [5.74, 6) is -1.64. The Balaban J connectivity index is 2.37. The third kappa shape index (κ3) is 5.78. The van der Waals surface area contributed by atoms with Crippen molar-refractivity contribution in [3.8, 4) is 5.75 Å². The number of benzene rings is 2. The predicted octanol–water partition coefficient (Wildman–Crippen LogP) is 4.58. The number of carbonyl (C=O) groups excluding carboxylic acids is 2. The minimum Gasteiger partial charge on any atom is -0.488 e. The first kappa shape index (κ1) is 20.4. The summed E-state index contributed by atoms with van der Waals surface area (Å²) in [4.78, 5) is 24.7. The molecule has 0 saturated carbocycles. The maximum absolute atomic E-state index is 13.7. The first-order chi connectivity index (χ1) is 12.9. The summed E-state index contributed by atoms with van der Waals surface area (Å²) in [7, 11) is 0. The zero-order valence-corrected chi connectivity index (χ0v) is 15.7. The fraction of sp³-hybridized carbons (Fsp3) is 0.273. The van der Waals surface area contributed by atoms with Gasteiger partial charge in [0.05, 0.1) is 6.61 Å². The monoisotopic (exact) mass is 370 g/mol. The van der Waals surface area contributed by atoms with Gasteiger partial charge in [0.25, 0.3) is 0 Å². The van der Waals surface area contributed by atoms with E-state index in [9.17, 15) is 14.0 Å². The van der Waals surface area contributed by atoms with E-state index in [1.54, 1.807) is 20.8 Å². The van der Waals surface area contributed by atoms with Crippen molar-refractivity contribution in [3.63, 3.8) is 0 Å². The van der Waals surface area contributed by atoms with Crippen LogP contribution in [0.25, 0.3) is 6.08 Å². The Morgan fingerprint density at radius 2 is 1.81 bits per heavy atom. The van der Waals surface area contributed by atoms with Crippen molar-refractivity contribution in [1.82, 2.24) is 0 Å². The predicted molar refractivity (Wildman–Crippen MR) is 102 cm³/mol. The zero-order chi connectivity index (χ0) is 19.8. The average molecular weight is 370 g/mol. The molecule has 0 bridgehead atoms. The van der Waals surface area contributed by atoms with Crippen LogP contribution in [0.2, 0.25) is 0 Å². The van der Waals surface area contributed by atoms with Crippen molar-refractivity contribution in [1.29, 1.82) is 0 Å². The van der Waals surface area contributed by atoms with Crippen molar-refractivity contribution >= 4 is 17.8 Å². The fourth-order valence-electron chi connectivity index (χ4n) is 2.39. The molecular formula is C22H23FO4. The third-order valence-electron chi connectivity index (χ3n) is 3.80. The summed E-state index contributed by atoms with van der Waals surface area (Å²) in [6, 6.07) is 13.4. The lowest BCUT2D eigenvalue weighted by atomic mass is 9.98. The molecule has 0 spiro atoms. The number of Topliss-reactive ketones (excluding diaryl/α,β-unsaturated/α-hetero) is 1. The highest BCUT2D eigenvalue weighted by Crippen LogP contribution is 2.25. The lowest BCUT2D eigenvalue weighted by Crippen LogP contribution is -2.20. The summed E-state index contributed by atoms with van der Waals surface area (Å²) in [6.07, 6.45) is 1.40. The lowest BCUT2D eigenvalue weighted by Gasteiger charge is -2.12. The molecule has 0 aliphatic rings. The highest BCUT2D eigenvalue weighted by molar-refractivity contribution is 6.21. The molecule has 0 amide bonds. The highest BCUT2D eigenvalue weighted by atomic mass is 19.1. The highest BCUT2D eigenvalue weighted by Gasteiger charge is 2.23. The summed E-state index contributed by atoms with van der Waals surface area (Å²) in [5, 5.41) is 0. The van der Waals surface area contributed by atoms with Gasteiger partial charge in [-0.2, -0.15) is 0 Å². The standard InChI is InChI=1S/C22H23FO4/c1-4-26-22(25)19(21(24)15(2)3)12-17-10-11-18(23)13-20(17)27-14-16-8-6-5-7-9-16/h5-13,15H,4,14H2,1-3H3. The molecule has 2 rings (SSSR count). The number of carbonyl (C=O) groups is 2. The van der Waals surface area contributed by atoms with E-state index >= 15 is 0 Å². The number of esters is 1. The van der Waals surface area contributed by atoms with Crippen molar-refractivity contribution in [2.45, 2.75) is 27.4 Å². The molecule has 0 aliphatic heterocycles. The number of halogens is 1. The van der Waals surface area contributed by atoms with Gasteiger partial charge in [-0.3, -0.25) is 4.79 Å². The summed E-state index contributed by atoms with van der Waals surface area (Å²) < 4.78 is 24.5. The molecule has 0 unspecified atom stereocenters. The molecule has 142 valence electrons. The van der Waals surface area contributed by atoms with Crippen molar-refractivity contribution in [2.24, 2.45) is 5.92 Å². The van der Waals surface area contributed by atoms with Gasteiger partial charge in [-0.25, -0.2) is 9.18 Å². The molecule has 0 fully saturated rings. The van der Waals surface area contributed by atoms with E-state index in [0.717, 1.165) is 5.56 Å². The van der Waals surface area contributed by atoms with E-state index in [-0.39, 0.29) is 36.2 Å². The second-order valence-electron chi connectivity index (χ2n) is 6.25. The summed E-state index contributed by atoms with van der Waals surface area (Å²) in [6.45, 7) is 5.46. The molecule has 0 aliphatic carbocycles. The van der Waals surface area contributed by atoms with E-state index in [1.165, 1.54) is 24.3 Å². The SMILES string of the molecule is CCOC(=O)C(=Cc1ccc(F)cc1OCc1ccccc1)C(=O)C(C)C. The molecule has 0 N–H and O–H groups in total. The van der Waals surface area contributed by atoms with Crippen LogP contribution in [0.3, 0.4) is 0 Å². The molecule has 0 saturated heterocycles. The topological polar surface area (TPSA) is 52.6 Å². The number of hydrogen-bond acceptors (Lipinski definition) is 4. The molecular weight excluding hydrogens is 347 g/mol. The quantitative estimate of drug-likeness (QED) is 0.295. The van der Waals surface area contributed by atoms with E-state index in [1.807, 2.05) is 30.3 Å². The van der Waals surface area contributed by atoms with Gasteiger partial charge in [-0.15, -0.1) is 0 Å². The molecule has 2 aromatic rings. The van der Waals surface area contributed by atoms with Crippen LogP contribution in [0.1, 0.15) is 31.9 Å². The molecule has 27 heavy (non-hydrogen) atoms. The summed E-state index contributed by atoms with van der Waals surface area (Å²) in [5.41, 5.74) is 1.27. The first-order valence-electron chi connectivity index (χ1n) is 8.81. The minimum atomic E-state index is -0.700. The number of hydrogen-bond donors (Lipinski definition) is 0. The van der Waals surface area contributed by atoms with Gasteiger partial charge in [0.1, 0.15) is 23.7 Å². The van der Waals surface area contributed by atoms with Gasteiger partial charge in [-0.05, 0) is 30.7 Å². The largest absolute Gasteiger partial charge is 0.488 e. The van der Waals surface area contributed by atoms with Crippen LogP contribution in [-0.4, -0.2) is 18.4 Å². The molecule has 5 heteroatoms. The van der Waals surface area contributed by atoms with Crippen LogP contribution in [0.4, 0.5) is 4.39 Å². The second kappa shape index (κ2) is 9.67. The van der Waals surface area contributed by atoms with Crippen LogP contribution >= 0.6 is 0 Å². The van der Waals surface area contributed by atoms with E-state index in [4.69, 9.17) is 9.47 Å². The molecule has 4 nitrogen and oxygen atoms in total. The number of ether oxygens (including phenoxy) is 2. The Morgan fingerprint density at radius 3 is 2.44 bits per heavy atom. The normalized spacial score (nSPS) is 11.4.